The molecule has 6 nitrogen and oxygen atoms in total. The molecule has 2 N–H and O–H groups in total. The second kappa shape index (κ2) is 6.71. The zero-order valence-electron chi connectivity index (χ0n) is 12.9. The van der Waals surface area contributed by atoms with Gasteiger partial charge in [-0.2, -0.15) is 4.98 Å². The van der Waals surface area contributed by atoms with E-state index in [4.69, 9.17) is 0 Å². The van der Waals surface area contributed by atoms with Gasteiger partial charge in [0.1, 0.15) is 10.6 Å². The van der Waals surface area contributed by atoms with Gasteiger partial charge in [0.15, 0.2) is 0 Å². The number of hydrogen-bond acceptors (Lipinski definition) is 6. The molecule has 0 aliphatic rings. The van der Waals surface area contributed by atoms with Gasteiger partial charge in [0.2, 0.25) is 11.9 Å². The minimum atomic E-state index is 0.00377. The lowest BCUT2D eigenvalue weighted by Gasteiger charge is -2.19. The lowest BCUT2D eigenvalue weighted by Crippen LogP contribution is -2.36. The van der Waals surface area contributed by atoms with E-state index in [1.165, 1.54) is 4.88 Å². The van der Waals surface area contributed by atoms with Gasteiger partial charge in [0, 0.05) is 25.5 Å². The third-order valence-corrected chi connectivity index (χ3v) is 3.98. The Morgan fingerprint density at radius 1 is 1.43 bits per heavy atom. The second-order valence-electron chi connectivity index (χ2n) is 4.90. The number of carbonyl (C=O) groups is 1. The van der Waals surface area contributed by atoms with Gasteiger partial charge in [0.25, 0.3) is 0 Å². The smallest absolute Gasteiger partial charge is 0.239 e. The summed E-state index contributed by atoms with van der Waals surface area (Å²) in [7, 11) is 3.67. The zero-order chi connectivity index (χ0) is 15.4. The van der Waals surface area contributed by atoms with Crippen molar-refractivity contribution in [3.63, 3.8) is 0 Å². The lowest BCUT2D eigenvalue weighted by atomic mass is 10.3. The van der Waals surface area contributed by atoms with Gasteiger partial charge in [0.05, 0.1) is 11.9 Å². The molecule has 2 aromatic heterocycles. The highest BCUT2D eigenvalue weighted by molar-refractivity contribution is 7.18. The molecule has 0 spiro atoms. The first-order valence-electron chi connectivity index (χ1n) is 6.99. The maximum atomic E-state index is 11.9. The summed E-state index contributed by atoms with van der Waals surface area (Å²) in [5, 5.41) is 6.83. The Labute approximate surface area is 128 Å². The topological polar surface area (TPSA) is 70.2 Å². The molecule has 2 rings (SSSR count). The van der Waals surface area contributed by atoms with Crippen molar-refractivity contribution in [2.24, 2.45) is 0 Å². The molecule has 114 valence electrons. The van der Waals surface area contributed by atoms with Gasteiger partial charge in [-0.3, -0.25) is 4.79 Å². The van der Waals surface area contributed by atoms with Crippen molar-refractivity contribution in [1.29, 1.82) is 0 Å². The molecule has 0 aromatic carbocycles. The molecule has 0 saturated heterocycles. The van der Waals surface area contributed by atoms with Gasteiger partial charge in [-0.25, -0.2) is 4.98 Å². The van der Waals surface area contributed by atoms with Crippen LogP contribution in [0.25, 0.3) is 10.2 Å². The largest absolute Gasteiger partial charge is 0.357 e. The molecular formula is C14H21N5OS. The third-order valence-electron chi connectivity index (χ3n) is 3.03. The number of rotatable bonds is 6. The predicted octanol–water partition coefficient (Wildman–Crippen LogP) is 2.00. The quantitative estimate of drug-likeness (QED) is 0.854. The van der Waals surface area contributed by atoms with E-state index in [0.29, 0.717) is 12.5 Å². The van der Waals surface area contributed by atoms with Crippen LogP contribution in [-0.4, -0.2) is 43.1 Å². The normalized spacial score (nSPS) is 10.7. The van der Waals surface area contributed by atoms with Gasteiger partial charge in [-0.05, 0) is 19.4 Å². The van der Waals surface area contributed by atoms with Gasteiger partial charge in [-0.15, -0.1) is 11.3 Å². The number of hydrogen-bond donors (Lipinski definition) is 2. The molecule has 0 aliphatic heterocycles. The van der Waals surface area contributed by atoms with Crippen molar-refractivity contribution in [3.8, 4) is 0 Å². The van der Waals surface area contributed by atoms with Crippen LogP contribution >= 0.6 is 11.3 Å². The number of fused-ring (bicyclic) bond motifs is 1. The summed E-state index contributed by atoms with van der Waals surface area (Å²) < 4.78 is 0. The Kier molecular flexibility index (Phi) is 4.95. The molecule has 2 aromatic rings. The fraction of sp³-hybridized carbons (Fsp3) is 0.500. The summed E-state index contributed by atoms with van der Waals surface area (Å²) >= 11 is 1.63. The predicted molar refractivity (Wildman–Crippen MR) is 88.3 cm³/mol. The number of thiophene rings is 1. The number of likely N-dealkylation sites (N-methyl/N-ethyl adjacent to an activating group) is 1. The molecule has 2 heterocycles. The average Bonchev–Trinajstić information content (AvgIpc) is 2.83. The van der Waals surface area contributed by atoms with Crippen LogP contribution in [-0.2, 0) is 4.79 Å². The van der Waals surface area contributed by atoms with Crippen molar-refractivity contribution >= 4 is 39.2 Å². The van der Waals surface area contributed by atoms with E-state index in [0.717, 1.165) is 22.5 Å². The summed E-state index contributed by atoms with van der Waals surface area (Å²) in [6, 6.07) is 2.06. The van der Waals surface area contributed by atoms with Gasteiger partial charge >= 0.3 is 0 Å². The minimum absolute atomic E-state index is 0.00377. The highest BCUT2D eigenvalue weighted by atomic mass is 32.1. The average molecular weight is 307 g/mol. The van der Waals surface area contributed by atoms with Gasteiger partial charge in [-0.1, -0.05) is 6.92 Å². The molecule has 0 fully saturated rings. The molecule has 0 bridgehead atoms. The number of aryl methyl sites for hydroxylation is 1. The standard InChI is InChI=1S/C14H21N5OS/c1-5-6-16-11(20)8-19(4)12-10-7-9(2)21-13(10)18-14(15-3)17-12/h7H,5-6,8H2,1-4H3,(H,16,20)(H,15,17,18). The number of nitrogens with one attached hydrogen (secondary N) is 2. The van der Waals surface area contributed by atoms with Crippen molar-refractivity contribution in [1.82, 2.24) is 15.3 Å². The molecule has 0 unspecified atom stereocenters. The van der Waals surface area contributed by atoms with E-state index >= 15 is 0 Å². The fourth-order valence-corrected chi connectivity index (χ4v) is 2.91. The second-order valence-corrected chi connectivity index (χ2v) is 6.14. The maximum absolute atomic E-state index is 11.9. The zero-order valence-corrected chi connectivity index (χ0v) is 13.7. The van der Waals surface area contributed by atoms with Crippen LogP contribution in [0.1, 0.15) is 18.2 Å². The van der Waals surface area contributed by atoms with Crippen LogP contribution < -0.4 is 15.5 Å². The Morgan fingerprint density at radius 3 is 2.86 bits per heavy atom. The van der Waals surface area contributed by atoms with Crippen LogP contribution in [0, 0.1) is 6.92 Å². The summed E-state index contributed by atoms with van der Waals surface area (Å²) in [5.74, 6) is 1.35. The lowest BCUT2D eigenvalue weighted by molar-refractivity contribution is -0.119. The van der Waals surface area contributed by atoms with Crippen LogP contribution in [0.3, 0.4) is 0 Å². The molecule has 0 aliphatic carbocycles. The Hall–Kier alpha value is -1.89. The minimum Gasteiger partial charge on any atom is -0.357 e. The van der Waals surface area contributed by atoms with Crippen LogP contribution in [0.4, 0.5) is 11.8 Å². The van der Waals surface area contributed by atoms with Crippen molar-refractivity contribution < 1.29 is 4.79 Å². The Balaban J connectivity index is 2.28. The Morgan fingerprint density at radius 2 is 2.19 bits per heavy atom. The first kappa shape index (κ1) is 15.5. The summed E-state index contributed by atoms with van der Waals surface area (Å²) in [6.07, 6.45) is 0.931. The molecule has 1 amide bonds. The molecule has 21 heavy (non-hydrogen) atoms. The van der Waals surface area contributed by atoms with E-state index in [2.05, 4.69) is 26.7 Å². The maximum Gasteiger partial charge on any atom is 0.239 e. The number of aromatic nitrogens is 2. The highest BCUT2D eigenvalue weighted by Gasteiger charge is 2.15. The first-order valence-corrected chi connectivity index (χ1v) is 7.80. The number of nitrogens with zero attached hydrogens (tertiary/aromatic N) is 3. The molecule has 0 radical (unpaired) electrons. The van der Waals surface area contributed by atoms with Crippen LogP contribution in [0.5, 0.6) is 0 Å². The molecular weight excluding hydrogens is 286 g/mol. The van der Waals surface area contributed by atoms with Crippen molar-refractivity contribution in [2.45, 2.75) is 20.3 Å². The van der Waals surface area contributed by atoms with E-state index in [1.807, 2.05) is 25.8 Å². The van der Waals surface area contributed by atoms with Crippen LogP contribution in [0.15, 0.2) is 6.07 Å². The molecule has 7 heteroatoms. The van der Waals surface area contributed by atoms with E-state index in [-0.39, 0.29) is 12.5 Å². The first-order chi connectivity index (χ1) is 10.0. The van der Waals surface area contributed by atoms with Crippen molar-refractivity contribution in [3.05, 3.63) is 10.9 Å². The number of amides is 1. The third kappa shape index (κ3) is 3.60. The number of carbonyl (C=O) groups excluding carboxylic acids is 1. The van der Waals surface area contributed by atoms with E-state index < -0.39 is 0 Å². The fourth-order valence-electron chi connectivity index (χ4n) is 2.04. The summed E-state index contributed by atoms with van der Waals surface area (Å²) in [6.45, 7) is 5.06. The number of anilines is 2. The monoisotopic (exact) mass is 307 g/mol. The molecule has 0 saturated carbocycles. The Bertz CT molecular complexity index is 640. The van der Waals surface area contributed by atoms with E-state index in [9.17, 15) is 4.79 Å². The highest BCUT2D eigenvalue weighted by Crippen LogP contribution is 2.31. The van der Waals surface area contributed by atoms with Crippen molar-refractivity contribution in [2.75, 3.05) is 37.4 Å². The van der Waals surface area contributed by atoms with E-state index in [1.54, 1.807) is 18.4 Å². The van der Waals surface area contributed by atoms with Crippen LogP contribution in [0.2, 0.25) is 0 Å². The SMILES string of the molecule is CCCNC(=O)CN(C)c1nc(NC)nc2sc(C)cc12. The molecule has 0 atom stereocenters. The van der Waals surface area contributed by atoms with Gasteiger partial charge < -0.3 is 15.5 Å². The summed E-state index contributed by atoms with van der Waals surface area (Å²) in [4.78, 5) is 24.8. The summed E-state index contributed by atoms with van der Waals surface area (Å²) in [5.41, 5.74) is 0.